The van der Waals surface area contributed by atoms with E-state index in [9.17, 15) is 0 Å². The highest BCUT2D eigenvalue weighted by Crippen LogP contribution is 2.36. The zero-order valence-electron chi connectivity index (χ0n) is 11.8. The van der Waals surface area contributed by atoms with E-state index >= 15 is 0 Å². The third kappa shape index (κ3) is 4.20. The molecule has 0 spiro atoms. The lowest BCUT2D eigenvalue weighted by atomic mass is 10.2. The zero-order chi connectivity index (χ0) is 15.1. The molecule has 0 atom stereocenters. The van der Waals surface area contributed by atoms with Crippen molar-refractivity contribution in [3.8, 4) is 11.5 Å². The topological polar surface area (TPSA) is 30.8 Å². The third-order valence-corrected chi connectivity index (χ3v) is 3.31. The van der Waals surface area contributed by atoms with E-state index in [-0.39, 0.29) is 0 Å². The number of methoxy groups -OCH3 is 1. The van der Waals surface area contributed by atoms with Gasteiger partial charge in [0, 0.05) is 6.21 Å². The van der Waals surface area contributed by atoms with Crippen LogP contribution < -0.4 is 9.47 Å². The Morgan fingerprint density at radius 2 is 2.00 bits per heavy atom. The molecule has 2 aromatic carbocycles. The summed E-state index contributed by atoms with van der Waals surface area (Å²) in [5, 5.41) is 0. The predicted octanol–water partition coefficient (Wildman–Crippen LogP) is 4.77. The minimum Gasteiger partial charge on any atom is -0.493 e. The molecule has 0 aliphatic heterocycles. The Hall–Kier alpha value is -2.07. The number of ether oxygens (including phenoxy) is 2. The SMILES string of the molecule is C=CCOc1c(Br)cc(C=Nc2ccccc2)cc1OC. The third-order valence-electron chi connectivity index (χ3n) is 2.72. The Morgan fingerprint density at radius 3 is 2.67 bits per heavy atom. The van der Waals surface area contributed by atoms with Gasteiger partial charge in [-0.3, -0.25) is 4.99 Å². The summed E-state index contributed by atoms with van der Waals surface area (Å²) >= 11 is 3.49. The van der Waals surface area contributed by atoms with E-state index in [1.165, 1.54) is 0 Å². The summed E-state index contributed by atoms with van der Waals surface area (Å²) in [5.74, 6) is 1.31. The fourth-order valence-corrected chi connectivity index (χ4v) is 2.33. The molecule has 2 aromatic rings. The molecular weight excluding hydrogens is 330 g/mol. The molecule has 108 valence electrons. The summed E-state index contributed by atoms with van der Waals surface area (Å²) in [4.78, 5) is 4.43. The van der Waals surface area contributed by atoms with Crippen molar-refractivity contribution >= 4 is 27.8 Å². The maximum atomic E-state index is 5.59. The van der Waals surface area contributed by atoms with E-state index in [0.717, 1.165) is 15.7 Å². The van der Waals surface area contributed by atoms with Crippen LogP contribution in [0.3, 0.4) is 0 Å². The first kappa shape index (κ1) is 15.3. The first-order chi connectivity index (χ1) is 10.2. The van der Waals surface area contributed by atoms with Gasteiger partial charge < -0.3 is 9.47 Å². The van der Waals surface area contributed by atoms with Gasteiger partial charge in [0.15, 0.2) is 11.5 Å². The van der Waals surface area contributed by atoms with Crippen LogP contribution in [0, 0.1) is 0 Å². The number of para-hydroxylation sites is 1. The summed E-state index contributed by atoms with van der Waals surface area (Å²) in [6.45, 7) is 4.06. The molecule has 0 saturated carbocycles. The molecule has 0 heterocycles. The minimum atomic E-state index is 0.423. The van der Waals surface area contributed by atoms with Gasteiger partial charge in [-0.25, -0.2) is 0 Å². The van der Waals surface area contributed by atoms with E-state index in [2.05, 4.69) is 27.5 Å². The zero-order valence-corrected chi connectivity index (χ0v) is 13.3. The standard InChI is InChI=1S/C17H16BrNO2/c1-3-9-21-17-15(18)10-13(11-16(17)20-2)12-19-14-7-5-4-6-8-14/h3-8,10-12H,1,9H2,2H3. The number of nitrogens with zero attached hydrogens (tertiary/aromatic N) is 1. The van der Waals surface area contributed by atoms with Crippen molar-refractivity contribution in [1.29, 1.82) is 0 Å². The van der Waals surface area contributed by atoms with Crippen molar-refractivity contribution in [2.45, 2.75) is 0 Å². The summed E-state index contributed by atoms with van der Waals surface area (Å²) in [6.07, 6.45) is 3.48. The van der Waals surface area contributed by atoms with Crippen molar-refractivity contribution in [2.75, 3.05) is 13.7 Å². The largest absolute Gasteiger partial charge is 0.493 e. The Bertz CT molecular complexity index is 639. The molecular formula is C17H16BrNO2. The lowest BCUT2D eigenvalue weighted by Gasteiger charge is -2.12. The maximum absolute atomic E-state index is 5.59. The number of benzene rings is 2. The van der Waals surface area contributed by atoms with Crippen LogP contribution in [0.4, 0.5) is 5.69 Å². The van der Waals surface area contributed by atoms with E-state index in [0.29, 0.717) is 18.1 Å². The van der Waals surface area contributed by atoms with Crippen LogP contribution in [0.15, 0.2) is 64.6 Å². The molecule has 4 heteroatoms. The molecule has 0 saturated heterocycles. The van der Waals surface area contributed by atoms with Crippen molar-refractivity contribution in [3.63, 3.8) is 0 Å². The van der Waals surface area contributed by atoms with Crippen LogP contribution in [0.5, 0.6) is 11.5 Å². The Labute approximate surface area is 133 Å². The van der Waals surface area contributed by atoms with Gasteiger partial charge in [0.25, 0.3) is 0 Å². The second kappa shape index (κ2) is 7.64. The van der Waals surface area contributed by atoms with Gasteiger partial charge in [-0.1, -0.05) is 30.9 Å². The number of halogens is 1. The van der Waals surface area contributed by atoms with Crippen LogP contribution >= 0.6 is 15.9 Å². The Morgan fingerprint density at radius 1 is 1.24 bits per heavy atom. The number of hydrogen-bond donors (Lipinski definition) is 0. The van der Waals surface area contributed by atoms with E-state index in [1.807, 2.05) is 42.5 Å². The second-order valence-electron chi connectivity index (χ2n) is 4.23. The van der Waals surface area contributed by atoms with Crippen molar-refractivity contribution in [3.05, 3.63) is 65.2 Å². The highest BCUT2D eigenvalue weighted by atomic mass is 79.9. The summed E-state index contributed by atoms with van der Waals surface area (Å²) in [6, 6.07) is 13.6. The van der Waals surface area contributed by atoms with Crippen LogP contribution in [0.1, 0.15) is 5.56 Å². The number of hydrogen-bond acceptors (Lipinski definition) is 3. The molecule has 0 aliphatic carbocycles. The van der Waals surface area contributed by atoms with Gasteiger partial charge in [0.05, 0.1) is 17.3 Å². The number of rotatable bonds is 6. The van der Waals surface area contributed by atoms with E-state index in [1.54, 1.807) is 19.4 Å². The molecule has 0 fully saturated rings. The van der Waals surface area contributed by atoms with Crippen LogP contribution in [-0.4, -0.2) is 19.9 Å². The van der Waals surface area contributed by atoms with Gasteiger partial charge in [-0.2, -0.15) is 0 Å². The minimum absolute atomic E-state index is 0.423. The molecule has 0 amide bonds. The van der Waals surface area contributed by atoms with Crippen molar-refractivity contribution < 1.29 is 9.47 Å². The molecule has 0 aliphatic rings. The van der Waals surface area contributed by atoms with Gasteiger partial charge in [-0.05, 0) is 45.8 Å². The van der Waals surface area contributed by atoms with Crippen molar-refractivity contribution in [1.82, 2.24) is 0 Å². The maximum Gasteiger partial charge on any atom is 0.175 e. The Kier molecular flexibility index (Phi) is 5.58. The van der Waals surface area contributed by atoms with Crippen LogP contribution in [0.25, 0.3) is 0 Å². The molecule has 0 bridgehead atoms. The van der Waals surface area contributed by atoms with Gasteiger partial charge >= 0.3 is 0 Å². The summed E-state index contributed by atoms with van der Waals surface area (Å²) in [5.41, 5.74) is 1.83. The molecule has 21 heavy (non-hydrogen) atoms. The molecule has 0 aromatic heterocycles. The van der Waals surface area contributed by atoms with Crippen LogP contribution in [0.2, 0.25) is 0 Å². The second-order valence-corrected chi connectivity index (χ2v) is 5.08. The van der Waals surface area contributed by atoms with E-state index in [4.69, 9.17) is 9.47 Å². The lowest BCUT2D eigenvalue weighted by Crippen LogP contribution is -1.98. The van der Waals surface area contributed by atoms with Crippen LogP contribution in [-0.2, 0) is 0 Å². The molecule has 3 nitrogen and oxygen atoms in total. The quantitative estimate of drug-likeness (QED) is 0.557. The number of aliphatic imine (C=N–C) groups is 1. The smallest absolute Gasteiger partial charge is 0.175 e. The molecule has 0 radical (unpaired) electrons. The summed E-state index contributed by atoms with van der Waals surface area (Å²) in [7, 11) is 1.61. The molecule has 2 rings (SSSR count). The average Bonchev–Trinajstić information content (AvgIpc) is 2.52. The first-order valence-corrected chi connectivity index (χ1v) is 7.24. The monoisotopic (exact) mass is 345 g/mol. The van der Waals surface area contributed by atoms with E-state index < -0.39 is 0 Å². The lowest BCUT2D eigenvalue weighted by molar-refractivity contribution is 0.324. The van der Waals surface area contributed by atoms with Gasteiger partial charge in [-0.15, -0.1) is 0 Å². The predicted molar refractivity (Wildman–Crippen MR) is 90.1 cm³/mol. The fraction of sp³-hybridized carbons (Fsp3) is 0.118. The van der Waals surface area contributed by atoms with Gasteiger partial charge in [0.1, 0.15) is 6.61 Å². The van der Waals surface area contributed by atoms with Crippen molar-refractivity contribution in [2.24, 2.45) is 4.99 Å². The Balaban J connectivity index is 2.27. The first-order valence-electron chi connectivity index (χ1n) is 6.45. The average molecular weight is 346 g/mol. The molecule has 0 unspecified atom stereocenters. The normalized spacial score (nSPS) is 10.6. The summed E-state index contributed by atoms with van der Waals surface area (Å²) < 4.78 is 11.8. The highest BCUT2D eigenvalue weighted by Gasteiger charge is 2.10. The highest BCUT2D eigenvalue weighted by molar-refractivity contribution is 9.10. The molecule has 0 N–H and O–H groups in total. The van der Waals surface area contributed by atoms with Gasteiger partial charge in [0.2, 0.25) is 0 Å². The fourth-order valence-electron chi connectivity index (χ4n) is 1.76.